The van der Waals surface area contributed by atoms with E-state index in [9.17, 15) is 23.6 Å². The van der Waals surface area contributed by atoms with Crippen LogP contribution in [0.1, 0.15) is 22.1 Å². The van der Waals surface area contributed by atoms with Crippen LogP contribution in [0.15, 0.2) is 46.9 Å². The molecule has 1 saturated heterocycles. The maximum atomic E-state index is 13.9. The Bertz CT molecular complexity index is 831. The molecular weight excluding hydrogens is 386 g/mol. The number of rotatable bonds is 2. The number of hydroxylamine groups is 2. The number of hydrogen-bond donors (Lipinski definition) is 1. The molecule has 0 aliphatic carbocycles. The highest BCUT2D eigenvalue weighted by molar-refractivity contribution is 9.10. The average Bonchev–Trinajstić information content (AvgIpc) is 2.85. The zero-order valence-electron chi connectivity index (χ0n) is 12.1. The molecule has 2 aromatic rings. The standard InChI is InChI=1S/C16H11BrF2N2O3/c17-11-7-9(5-6-13(11)19)15-20(8-14(22)21(15)24)16(23)10-3-1-2-4-12(10)18/h1-7,15,24H,8H2. The average molecular weight is 397 g/mol. The smallest absolute Gasteiger partial charge is 0.267 e. The maximum Gasteiger partial charge on any atom is 0.267 e. The lowest BCUT2D eigenvalue weighted by Crippen LogP contribution is -2.34. The number of halogens is 3. The molecule has 0 radical (unpaired) electrons. The Morgan fingerprint density at radius 1 is 1.17 bits per heavy atom. The van der Waals surface area contributed by atoms with Gasteiger partial charge in [-0.15, -0.1) is 0 Å². The second kappa shape index (κ2) is 6.29. The summed E-state index contributed by atoms with van der Waals surface area (Å²) in [5.41, 5.74) is 0.0908. The predicted molar refractivity (Wildman–Crippen MR) is 82.9 cm³/mol. The van der Waals surface area contributed by atoms with Crippen molar-refractivity contribution >= 4 is 27.7 Å². The van der Waals surface area contributed by atoms with Crippen molar-refractivity contribution in [2.24, 2.45) is 0 Å². The third-order valence-electron chi connectivity index (χ3n) is 3.69. The molecular formula is C16H11BrF2N2O3. The summed E-state index contributed by atoms with van der Waals surface area (Å²) in [7, 11) is 0. The lowest BCUT2D eigenvalue weighted by Gasteiger charge is -2.26. The Hall–Kier alpha value is -2.32. The molecule has 5 nitrogen and oxygen atoms in total. The fourth-order valence-electron chi connectivity index (χ4n) is 2.54. The summed E-state index contributed by atoms with van der Waals surface area (Å²) in [5, 5.41) is 10.4. The van der Waals surface area contributed by atoms with Crippen LogP contribution in [0.25, 0.3) is 0 Å². The van der Waals surface area contributed by atoms with Gasteiger partial charge >= 0.3 is 0 Å². The molecule has 0 spiro atoms. The maximum absolute atomic E-state index is 13.9. The van der Waals surface area contributed by atoms with Crippen molar-refractivity contribution in [2.75, 3.05) is 6.54 Å². The molecule has 3 rings (SSSR count). The van der Waals surface area contributed by atoms with Gasteiger partial charge in [0.2, 0.25) is 0 Å². The van der Waals surface area contributed by atoms with Crippen molar-refractivity contribution < 1.29 is 23.6 Å². The number of carbonyl (C=O) groups excluding carboxylic acids is 2. The molecule has 1 unspecified atom stereocenters. The van der Waals surface area contributed by atoms with Gasteiger partial charge in [-0.2, -0.15) is 5.06 Å². The molecule has 124 valence electrons. The lowest BCUT2D eigenvalue weighted by molar-refractivity contribution is -0.168. The molecule has 1 heterocycles. The first-order valence-corrected chi connectivity index (χ1v) is 7.71. The third-order valence-corrected chi connectivity index (χ3v) is 4.30. The minimum absolute atomic E-state index is 0.117. The summed E-state index contributed by atoms with van der Waals surface area (Å²) < 4.78 is 27.4. The van der Waals surface area contributed by atoms with Crippen molar-refractivity contribution in [3.05, 3.63) is 69.7 Å². The quantitative estimate of drug-likeness (QED) is 0.793. The van der Waals surface area contributed by atoms with Gasteiger partial charge in [-0.05, 0) is 45.8 Å². The molecule has 2 amide bonds. The molecule has 1 aliphatic rings. The fraction of sp³-hybridized carbons (Fsp3) is 0.125. The van der Waals surface area contributed by atoms with Gasteiger partial charge in [0.15, 0.2) is 6.17 Å². The Labute approximate surface area is 144 Å². The first-order valence-electron chi connectivity index (χ1n) is 6.91. The number of benzene rings is 2. The van der Waals surface area contributed by atoms with E-state index in [0.717, 1.165) is 17.0 Å². The number of nitrogens with zero attached hydrogens (tertiary/aromatic N) is 2. The van der Waals surface area contributed by atoms with Crippen LogP contribution in [0.2, 0.25) is 0 Å². The molecule has 24 heavy (non-hydrogen) atoms. The first kappa shape index (κ1) is 16.5. The van der Waals surface area contributed by atoms with Gasteiger partial charge in [0, 0.05) is 0 Å². The van der Waals surface area contributed by atoms with E-state index in [1.165, 1.54) is 30.3 Å². The summed E-state index contributed by atoms with van der Waals surface area (Å²) in [4.78, 5) is 25.5. The van der Waals surface area contributed by atoms with Gasteiger partial charge in [0.25, 0.3) is 11.8 Å². The summed E-state index contributed by atoms with van der Waals surface area (Å²) in [6, 6.07) is 9.19. The SMILES string of the molecule is O=C1CN(C(=O)c2ccccc2F)C(c2ccc(F)c(Br)c2)N1O. The Kier molecular flexibility index (Phi) is 4.33. The van der Waals surface area contributed by atoms with Crippen LogP contribution >= 0.6 is 15.9 Å². The number of amides is 2. The van der Waals surface area contributed by atoms with Crippen molar-refractivity contribution in [3.8, 4) is 0 Å². The lowest BCUT2D eigenvalue weighted by atomic mass is 10.1. The molecule has 1 atom stereocenters. The van der Waals surface area contributed by atoms with Crippen LogP contribution in [0.3, 0.4) is 0 Å². The van der Waals surface area contributed by atoms with Crippen molar-refractivity contribution in [1.82, 2.24) is 9.96 Å². The zero-order chi connectivity index (χ0) is 17.4. The monoisotopic (exact) mass is 396 g/mol. The van der Waals surface area contributed by atoms with E-state index in [4.69, 9.17) is 0 Å². The van der Waals surface area contributed by atoms with E-state index in [1.54, 1.807) is 0 Å². The zero-order valence-corrected chi connectivity index (χ0v) is 13.7. The van der Waals surface area contributed by atoms with E-state index < -0.39 is 36.2 Å². The van der Waals surface area contributed by atoms with Gasteiger partial charge in [-0.25, -0.2) is 8.78 Å². The molecule has 0 bridgehead atoms. The number of carbonyl (C=O) groups is 2. The fourth-order valence-corrected chi connectivity index (χ4v) is 2.94. The van der Waals surface area contributed by atoms with Crippen molar-refractivity contribution in [3.63, 3.8) is 0 Å². The van der Waals surface area contributed by atoms with Gasteiger partial charge in [0.05, 0.1) is 10.0 Å². The van der Waals surface area contributed by atoms with Gasteiger partial charge in [-0.3, -0.25) is 14.8 Å². The van der Waals surface area contributed by atoms with E-state index in [1.807, 2.05) is 0 Å². The first-order chi connectivity index (χ1) is 11.4. The normalized spacial score (nSPS) is 17.5. The highest BCUT2D eigenvalue weighted by Crippen LogP contribution is 2.33. The van der Waals surface area contributed by atoms with Gasteiger partial charge in [-0.1, -0.05) is 18.2 Å². The van der Waals surface area contributed by atoms with E-state index in [-0.39, 0.29) is 10.0 Å². The second-order valence-corrected chi connectivity index (χ2v) is 6.05. The highest BCUT2D eigenvalue weighted by atomic mass is 79.9. The Morgan fingerprint density at radius 3 is 2.54 bits per heavy atom. The van der Waals surface area contributed by atoms with Crippen molar-refractivity contribution in [1.29, 1.82) is 0 Å². The summed E-state index contributed by atoms with van der Waals surface area (Å²) in [6.45, 7) is -0.413. The Morgan fingerprint density at radius 2 is 1.88 bits per heavy atom. The molecule has 0 saturated carbocycles. The van der Waals surface area contributed by atoms with E-state index in [2.05, 4.69) is 15.9 Å². The van der Waals surface area contributed by atoms with Gasteiger partial charge < -0.3 is 4.90 Å². The summed E-state index contributed by atoms with van der Waals surface area (Å²) in [6.07, 6.45) is -1.17. The molecule has 1 fully saturated rings. The topological polar surface area (TPSA) is 60.9 Å². The summed E-state index contributed by atoms with van der Waals surface area (Å²) in [5.74, 6) is -2.72. The van der Waals surface area contributed by atoms with Crippen LogP contribution in [0.5, 0.6) is 0 Å². The third kappa shape index (κ3) is 2.78. The van der Waals surface area contributed by atoms with Crippen LogP contribution in [0.4, 0.5) is 8.78 Å². The largest absolute Gasteiger partial charge is 0.302 e. The van der Waals surface area contributed by atoms with E-state index in [0.29, 0.717) is 10.6 Å². The van der Waals surface area contributed by atoms with Crippen LogP contribution in [-0.2, 0) is 4.79 Å². The minimum Gasteiger partial charge on any atom is -0.302 e. The molecule has 1 aliphatic heterocycles. The Balaban J connectivity index is 2.02. The van der Waals surface area contributed by atoms with Crippen molar-refractivity contribution in [2.45, 2.75) is 6.17 Å². The van der Waals surface area contributed by atoms with Crippen LogP contribution in [-0.4, -0.2) is 33.5 Å². The molecule has 0 aromatic heterocycles. The van der Waals surface area contributed by atoms with E-state index >= 15 is 0 Å². The molecule has 1 N–H and O–H groups in total. The second-order valence-electron chi connectivity index (χ2n) is 5.20. The van der Waals surface area contributed by atoms with Crippen LogP contribution < -0.4 is 0 Å². The number of hydrogen-bond acceptors (Lipinski definition) is 3. The van der Waals surface area contributed by atoms with Gasteiger partial charge in [0.1, 0.15) is 18.2 Å². The molecule has 2 aromatic carbocycles. The molecule has 8 heteroatoms. The summed E-state index contributed by atoms with van der Waals surface area (Å²) >= 11 is 3.02. The minimum atomic E-state index is -1.17. The predicted octanol–water partition coefficient (Wildman–Crippen LogP) is 3.10. The van der Waals surface area contributed by atoms with Crippen LogP contribution in [0, 0.1) is 11.6 Å². The highest BCUT2D eigenvalue weighted by Gasteiger charge is 2.42.